The number of hydrogen-bond acceptors (Lipinski definition) is 3. The zero-order chi connectivity index (χ0) is 15.9. The predicted molar refractivity (Wildman–Crippen MR) is 89.0 cm³/mol. The number of hydrogen-bond donors (Lipinski definition) is 2. The minimum absolute atomic E-state index is 0.115. The Bertz CT molecular complexity index is 712. The van der Waals surface area contributed by atoms with Crippen LogP contribution in [0.3, 0.4) is 0 Å². The molecule has 2 N–H and O–H groups in total. The second-order valence-electron chi connectivity index (χ2n) is 6.21. The van der Waals surface area contributed by atoms with Gasteiger partial charge in [0.15, 0.2) is 0 Å². The lowest BCUT2D eigenvalue weighted by Crippen LogP contribution is -2.38. The number of fused-ring (bicyclic) bond motifs is 1. The highest BCUT2D eigenvalue weighted by Crippen LogP contribution is 2.36. The predicted octanol–water partition coefficient (Wildman–Crippen LogP) is 4.11. The van der Waals surface area contributed by atoms with E-state index in [-0.39, 0.29) is 5.02 Å². The van der Waals surface area contributed by atoms with Crippen LogP contribution in [-0.4, -0.2) is 23.9 Å². The molecule has 0 aromatic heterocycles. The van der Waals surface area contributed by atoms with Crippen LogP contribution in [0.2, 0.25) is 5.02 Å². The minimum atomic E-state index is -0.779. The van der Waals surface area contributed by atoms with Gasteiger partial charge in [0.05, 0.1) is 28.7 Å². The van der Waals surface area contributed by atoms with Gasteiger partial charge in [0, 0.05) is 6.54 Å². The van der Waals surface area contributed by atoms with Crippen LogP contribution < -0.4 is 10.2 Å². The van der Waals surface area contributed by atoms with Crippen molar-refractivity contribution in [1.29, 1.82) is 0 Å². The number of halogens is 2. The summed E-state index contributed by atoms with van der Waals surface area (Å²) < 4.78 is 13.3. The number of rotatable bonds is 3. The summed E-state index contributed by atoms with van der Waals surface area (Å²) in [5.41, 5.74) is 3.11. The molecule has 0 aliphatic carbocycles. The number of aliphatic hydroxyl groups is 1. The van der Waals surface area contributed by atoms with Crippen molar-refractivity contribution in [3.05, 3.63) is 47.2 Å². The van der Waals surface area contributed by atoms with Gasteiger partial charge in [-0.2, -0.15) is 0 Å². The van der Waals surface area contributed by atoms with Crippen molar-refractivity contribution in [2.45, 2.75) is 19.4 Å². The van der Waals surface area contributed by atoms with Gasteiger partial charge in [-0.25, -0.2) is 4.39 Å². The fraction of sp³-hybridized carbons (Fsp3) is 0.294. The standard InChI is InChI=1S/C17H18ClFN2O/c1-17(2,22)9-21-10-20-15-6-4-12(8-16(15)21)11-3-5-14(19)13(18)7-11/h3-8,20,22H,9-10H2,1-2H3. The highest BCUT2D eigenvalue weighted by atomic mass is 35.5. The Morgan fingerprint density at radius 3 is 2.59 bits per heavy atom. The quantitative estimate of drug-likeness (QED) is 0.893. The summed E-state index contributed by atoms with van der Waals surface area (Å²) in [6, 6.07) is 10.7. The Kier molecular flexibility index (Phi) is 3.75. The van der Waals surface area contributed by atoms with Crippen molar-refractivity contribution in [3.63, 3.8) is 0 Å². The molecule has 1 aliphatic heterocycles. The molecule has 0 fully saturated rings. The summed E-state index contributed by atoms with van der Waals surface area (Å²) in [7, 11) is 0. The molecule has 2 aromatic rings. The third kappa shape index (κ3) is 3.03. The second kappa shape index (κ2) is 5.45. The van der Waals surface area contributed by atoms with E-state index in [1.54, 1.807) is 26.0 Å². The van der Waals surface area contributed by atoms with Crippen molar-refractivity contribution >= 4 is 23.0 Å². The van der Waals surface area contributed by atoms with E-state index >= 15 is 0 Å². The smallest absolute Gasteiger partial charge is 0.141 e. The average Bonchev–Trinajstić information content (AvgIpc) is 2.82. The second-order valence-corrected chi connectivity index (χ2v) is 6.61. The first-order valence-electron chi connectivity index (χ1n) is 7.14. The van der Waals surface area contributed by atoms with E-state index < -0.39 is 11.4 Å². The summed E-state index contributed by atoms with van der Waals surface area (Å²) >= 11 is 5.87. The van der Waals surface area contributed by atoms with Gasteiger partial charge >= 0.3 is 0 Å². The van der Waals surface area contributed by atoms with Gasteiger partial charge in [0.1, 0.15) is 5.82 Å². The average molecular weight is 321 g/mol. The molecule has 0 spiro atoms. The molecule has 0 amide bonds. The molecular formula is C17H18ClFN2O. The van der Waals surface area contributed by atoms with Gasteiger partial charge in [0.25, 0.3) is 0 Å². The van der Waals surface area contributed by atoms with Crippen LogP contribution in [0.5, 0.6) is 0 Å². The normalized spacial score (nSPS) is 14.0. The molecule has 0 unspecified atom stereocenters. The lowest BCUT2D eigenvalue weighted by atomic mass is 10.0. The van der Waals surface area contributed by atoms with Gasteiger partial charge in [-0.1, -0.05) is 23.7 Å². The summed E-state index contributed by atoms with van der Waals surface area (Å²) in [6.45, 7) is 4.76. The summed E-state index contributed by atoms with van der Waals surface area (Å²) in [6.07, 6.45) is 0. The molecule has 0 saturated carbocycles. The zero-order valence-electron chi connectivity index (χ0n) is 12.5. The van der Waals surface area contributed by atoms with Crippen molar-refractivity contribution in [1.82, 2.24) is 0 Å². The summed E-state index contributed by atoms with van der Waals surface area (Å²) in [4.78, 5) is 2.09. The fourth-order valence-electron chi connectivity index (χ4n) is 2.67. The van der Waals surface area contributed by atoms with Gasteiger partial charge in [-0.05, 0) is 49.2 Å². The van der Waals surface area contributed by atoms with Crippen molar-refractivity contribution in [3.8, 4) is 11.1 Å². The zero-order valence-corrected chi connectivity index (χ0v) is 13.3. The molecule has 0 saturated heterocycles. The molecule has 1 heterocycles. The van der Waals surface area contributed by atoms with Crippen LogP contribution >= 0.6 is 11.6 Å². The molecule has 22 heavy (non-hydrogen) atoms. The molecule has 0 atom stereocenters. The molecule has 2 aromatic carbocycles. The lowest BCUT2D eigenvalue weighted by molar-refractivity contribution is 0.0880. The first-order chi connectivity index (χ1) is 10.3. The van der Waals surface area contributed by atoms with Gasteiger partial charge in [-0.15, -0.1) is 0 Å². The Balaban J connectivity index is 1.96. The maximum Gasteiger partial charge on any atom is 0.141 e. The number of anilines is 2. The van der Waals surface area contributed by atoms with Crippen molar-refractivity contribution < 1.29 is 9.50 Å². The third-order valence-electron chi connectivity index (χ3n) is 3.63. The molecular weight excluding hydrogens is 303 g/mol. The largest absolute Gasteiger partial charge is 0.389 e. The number of nitrogens with zero attached hydrogens (tertiary/aromatic N) is 1. The van der Waals surface area contributed by atoms with E-state index in [4.69, 9.17) is 11.6 Å². The minimum Gasteiger partial charge on any atom is -0.389 e. The molecule has 0 bridgehead atoms. The molecule has 0 radical (unpaired) electrons. The highest BCUT2D eigenvalue weighted by Gasteiger charge is 2.24. The molecule has 5 heteroatoms. The van der Waals surface area contributed by atoms with E-state index in [1.807, 2.05) is 18.2 Å². The lowest BCUT2D eigenvalue weighted by Gasteiger charge is -2.26. The highest BCUT2D eigenvalue weighted by molar-refractivity contribution is 6.31. The van der Waals surface area contributed by atoms with Gasteiger partial charge in [-0.3, -0.25) is 0 Å². The molecule has 1 aliphatic rings. The molecule has 3 rings (SSSR count). The third-order valence-corrected chi connectivity index (χ3v) is 3.92. The summed E-state index contributed by atoms with van der Waals surface area (Å²) in [5, 5.41) is 13.4. The molecule has 3 nitrogen and oxygen atoms in total. The van der Waals surface area contributed by atoms with Gasteiger partial charge in [0.2, 0.25) is 0 Å². The maximum atomic E-state index is 13.3. The molecule has 116 valence electrons. The van der Waals surface area contributed by atoms with Crippen LogP contribution in [0.25, 0.3) is 11.1 Å². The number of β-amino-alcohol motifs (C(OH)–C–C–N with tert-alkyl or cyclic N) is 1. The SMILES string of the molecule is CC(C)(O)CN1CNc2ccc(-c3ccc(F)c(Cl)c3)cc21. The monoisotopic (exact) mass is 320 g/mol. The van der Waals surface area contributed by atoms with Crippen LogP contribution in [0.1, 0.15) is 13.8 Å². The van der Waals surface area contributed by atoms with Crippen molar-refractivity contribution in [2.24, 2.45) is 0 Å². The Morgan fingerprint density at radius 2 is 1.91 bits per heavy atom. The topological polar surface area (TPSA) is 35.5 Å². The van der Waals surface area contributed by atoms with E-state index in [0.717, 1.165) is 22.5 Å². The van der Waals surface area contributed by atoms with Crippen molar-refractivity contribution in [2.75, 3.05) is 23.4 Å². The fourth-order valence-corrected chi connectivity index (χ4v) is 2.85. The van der Waals surface area contributed by atoms with Crippen LogP contribution in [-0.2, 0) is 0 Å². The van der Waals surface area contributed by atoms with Gasteiger partial charge < -0.3 is 15.3 Å². The van der Waals surface area contributed by atoms with E-state index in [9.17, 15) is 9.50 Å². The number of nitrogens with one attached hydrogen (secondary N) is 1. The first-order valence-corrected chi connectivity index (χ1v) is 7.52. The Hall–Kier alpha value is -1.78. The first kappa shape index (κ1) is 15.1. The van der Waals surface area contributed by atoms with Crippen LogP contribution in [0.15, 0.2) is 36.4 Å². The van der Waals surface area contributed by atoms with Crippen LogP contribution in [0.4, 0.5) is 15.8 Å². The summed E-state index contributed by atoms with van der Waals surface area (Å²) in [5.74, 6) is -0.420. The Labute approximate surface area is 134 Å². The maximum absolute atomic E-state index is 13.3. The van der Waals surface area contributed by atoms with Crippen LogP contribution in [0, 0.1) is 5.82 Å². The van der Waals surface area contributed by atoms with E-state index in [2.05, 4.69) is 10.2 Å². The van der Waals surface area contributed by atoms with E-state index in [1.165, 1.54) is 6.07 Å². The number of benzene rings is 2. The van der Waals surface area contributed by atoms with E-state index in [0.29, 0.717) is 13.2 Å². The Morgan fingerprint density at radius 1 is 1.23 bits per heavy atom.